The predicted molar refractivity (Wildman–Crippen MR) is 43.7 cm³/mol. The molecular formula is C8H19NO. The van der Waals surface area contributed by atoms with E-state index in [1.54, 1.807) is 6.92 Å². The van der Waals surface area contributed by atoms with Gasteiger partial charge in [-0.15, -0.1) is 0 Å². The Bertz CT molecular complexity index is 93.9. The first kappa shape index (κ1) is 9.92. The van der Waals surface area contributed by atoms with Crippen molar-refractivity contribution in [2.24, 2.45) is 11.1 Å². The van der Waals surface area contributed by atoms with Crippen molar-refractivity contribution in [3.63, 3.8) is 0 Å². The van der Waals surface area contributed by atoms with Crippen LogP contribution < -0.4 is 5.73 Å². The Morgan fingerprint density at radius 1 is 1.40 bits per heavy atom. The van der Waals surface area contributed by atoms with E-state index in [9.17, 15) is 0 Å². The van der Waals surface area contributed by atoms with Crippen LogP contribution in [0.15, 0.2) is 0 Å². The molecule has 0 fully saturated rings. The average molecular weight is 145 g/mol. The molecule has 0 aliphatic carbocycles. The minimum absolute atomic E-state index is 0.0833. The average Bonchev–Trinajstić information content (AvgIpc) is 1.60. The summed E-state index contributed by atoms with van der Waals surface area (Å²) < 4.78 is 0. The fourth-order valence-electron chi connectivity index (χ4n) is 0.878. The standard InChI is InChI=1S/C8H19NO/c1-6(10)7(9)5-8(2,3)4/h6-7,10H,5,9H2,1-4H3/t6?,7-/m0/s1. The molecule has 0 aliphatic rings. The van der Waals surface area contributed by atoms with Crippen LogP contribution >= 0.6 is 0 Å². The molecule has 0 heterocycles. The molecule has 2 nitrogen and oxygen atoms in total. The third-order valence-corrected chi connectivity index (χ3v) is 1.47. The highest BCUT2D eigenvalue weighted by Crippen LogP contribution is 2.20. The number of nitrogens with two attached hydrogens (primary N) is 1. The Morgan fingerprint density at radius 3 is 1.90 bits per heavy atom. The fraction of sp³-hybridized carbons (Fsp3) is 1.00. The first-order valence-electron chi connectivity index (χ1n) is 3.76. The van der Waals surface area contributed by atoms with Crippen LogP contribution in [0.1, 0.15) is 34.1 Å². The van der Waals surface area contributed by atoms with E-state index in [-0.39, 0.29) is 17.6 Å². The lowest BCUT2D eigenvalue weighted by molar-refractivity contribution is 0.139. The topological polar surface area (TPSA) is 46.2 Å². The van der Waals surface area contributed by atoms with Gasteiger partial charge in [-0.1, -0.05) is 20.8 Å². The molecule has 2 heteroatoms. The molecular weight excluding hydrogens is 126 g/mol. The Morgan fingerprint density at radius 2 is 1.80 bits per heavy atom. The number of aliphatic hydroxyl groups is 1. The lowest BCUT2D eigenvalue weighted by Crippen LogP contribution is -2.35. The minimum Gasteiger partial charge on any atom is -0.392 e. The first-order valence-corrected chi connectivity index (χ1v) is 3.76. The van der Waals surface area contributed by atoms with Crippen LogP contribution in [0.25, 0.3) is 0 Å². The lowest BCUT2D eigenvalue weighted by Gasteiger charge is -2.24. The third kappa shape index (κ3) is 4.77. The summed E-state index contributed by atoms with van der Waals surface area (Å²) >= 11 is 0. The van der Waals surface area contributed by atoms with E-state index in [0.717, 1.165) is 6.42 Å². The Balaban J connectivity index is 3.68. The van der Waals surface area contributed by atoms with Gasteiger partial charge in [0.25, 0.3) is 0 Å². The summed E-state index contributed by atoms with van der Waals surface area (Å²) in [6, 6.07) is -0.0833. The molecule has 0 aromatic rings. The van der Waals surface area contributed by atoms with Crippen molar-refractivity contribution >= 4 is 0 Å². The monoisotopic (exact) mass is 145 g/mol. The Labute approximate surface area is 63.4 Å². The molecule has 0 aromatic carbocycles. The van der Waals surface area contributed by atoms with Crippen LogP contribution in [-0.4, -0.2) is 17.3 Å². The maximum absolute atomic E-state index is 9.06. The van der Waals surface area contributed by atoms with Gasteiger partial charge in [0.05, 0.1) is 6.10 Å². The number of hydrogen-bond acceptors (Lipinski definition) is 2. The molecule has 0 amide bonds. The molecule has 1 unspecified atom stereocenters. The van der Waals surface area contributed by atoms with E-state index in [1.807, 2.05) is 0 Å². The zero-order chi connectivity index (χ0) is 8.36. The van der Waals surface area contributed by atoms with Gasteiger partial charge in [0.2, 0.25) is 0 Å². The fourth-order valence-corrected chi connectivity index (χ4v) is 0.878. The summed E-state index contributed by atoms with van der Waals surface area (Å²) in [5, 5.41) is 9.06. The first-order chi connectivity index (χ1) is 4.33. The minimum atomic E-state index is -0.390. The molecule has 0 aliphatic heterocycles. The summed E-state index contributed by atoms with van der Waals surface area (Å²) in [6.07, 6.45) is 0.476. The molecule has 0 saturated heterocycles. The van der Waals surface area contributed by atoms with Crippen molar-refractivity contribution in [2.75, 3.05) is 0 Å². The van der Waals surface area contributed by atoms with Gasteiger partial charge in [-0.05, 0) is 18.8 Å². The van der Waals surface area contributed by atoms with E-state index in [4.69, 9.17) is 10.8 Å². The number of rotatable bonds is 2. The van der Waals surface area contributed by atoms with E-state index in [2.05, 4.69) is 20.8 Å². The smallest absolute Gasteiger partial charge is 0.0663 e. The van der Waals surface area contributed by atoms with Gasteiger partial charge < -0.3 is 10.8 Å². The molecule has 0 aromatic heterocycles. The second-order valence-corrected chi connectivity index (χ2v) is 4.17. The van der Waals surface area contributed by atoms with Crippen LogP contribution in [0, 0.1) is 5.41 Å². The molecule has 10 heavy (non-hydrogen) atoms. The molecule has 3 N–H and O–H groups in total. The largest absolute Gasteiger partial charge is 0.392 e. The maximum Gasteiger partial charge on any atom is 0.0663 e. The maximum atomic E-state index is 9.06. The summed E-state index contributed by atoms with van der Waals surface area (Å²) in [7, 11) is 0. The molecule has 0 spiro atoms. The Hall–Kier alpha value is -0.0800. The van der Waals surface area contributed by atoms with Gasteiger partial charge in [-0.3, -0.25) is 0 Å². The predicted octanol–water partition coefficient (Wildman–Crippen LogP) is 1.13. The number of hydrogen-bond donors (Lipinski definition) is 2. The summed E-state index contributed by atoms with van der Waals surface area (Å²) in [6.45, 7) is 8.09. The highest BCUT2D eigenvalue weighted by molar-refractivity contribution is 4.74. The van der Waals surface area contributed by atoms with Crippen molar-refractivity contribution in [3.8, 4) is 0 Å². The van der Waals surface area contributed by atoms with Crippen LogP contribution in [0.2, 0.25) is 0 Å². The Kier molecular flexibility index (Phi) is 3.33. The van der Waals surface area contributed by atoms with Gasteiger partial charge in [0.1, 0.15) is 0 Å². The second kappa shape index (κ2) is 3.35. The van der Waals surface area contributed by atoms with Gasteiger partial charge in [-0.2, -0.15) is 0 Å². The quantitative estimate of drug-likeness (QED) is 0.612. The van der Waals surface area contributed by atoms with Gasteiger partial charge in [0, 0.05) is 6.04 Å². The van der Waals surface area contributed by atoms with Crippen LogP contribution in [0.4, 0.5) is 0 Å². The zero-order valence-corrected chi connectivity index (χ0v) is 7.39. The zero-order valence-electron chi connectivity index (χ0n) is 7.39. The molecule has 2 atom stereocenters. The van der Waals surface area contributed by atoms with E-state index in [1.165, 1.54) is 0 Å². The normalized spacial score (nSPS) is 18.6. The third-order valence-electron chi connectivity index (χ3n) is 1.47. The summed E-state index contributed by atoms with van der Waals surface area (Å²) in [4.78, 5) is 0. The van der Waals surface area contributed by atoms with Gasteiger partial charge in [0.15, 0.2) is 0 Å². The molecule has 0 radical (unpaired) electrons. The highest BCUT2D eigenvalue weighted by Gasteiger charge is 2.18. The summed E-state index contributed by atoms with van der Waals surface area (Å²) in [5.41, 5.74) is 5.87. The van der Waals surface area contributed by atoms with E-state index in [0.29, 0.717) is 0 Å². The second-order valence-electron chi connectivity index (χ2n) is 4.17. The van der Waals surface area contributed by atoms with Crippen molar-refractivity contribution in [1.29, 1.82) is 0 Å². The molecule has 0 bridgehead atoms. The van der Waals surface area contributed by atoms with Crippen molar-refractivity contribution in [3.05, 3.63) is 0 Å². The lowest BCUT2D eigenvalue weighted by atomic mass is 9.87. The molecule has 62 valence electrons. The van der Waals surface area contributed by atoms with Crippen molar-refractivity contribution in [2.45, 2.75) is 46.3 Å². The van der Waals surface area contributed by atoms with Crippen LogP contribution in [-0.2, 0) is 0 Å². The van der Waals surface area contributed by atoms with E-state index < -0.39 is 0 Å². The van der Waals surface area contributed by atoms with Gasteiger partial charge >= 0.3 is 0 Å². The molecule has 0 rings (SSSR count). The van der Waals surface area contributed by atoms with Gasteiger partial charge in [-0.25, -0.2) is 0 Å². The SMILES string of the molecule is CC(O)[C@@H](N)CC(C)(C)C. The van der Waals surface area contributed by atoms with Crippen LogP contribution in [0.5, 0.6) is 0 Å². The molecule has 0 saturated carbocycles. The van der Waals surface area contributed by atoms with Crippen molar-refractivity contribution in [1.82, 2.24) is 0 Å². The highest BCUT2D eigenvalue weighted by atomic mass is 16.3. The van der Waals surface area contributed by atoms with Crippen molar-refractivity contribution < 1.29 is 5.11 Å². The van der Waals surface area contributed by atoms with Crippen LogP contribution in [0.3, 0.4) is 0 Å². The number of aliphatic hydroxyl groups excluding tert-OH is 1. The summed E-state index contributed by atoms with van der Waals surface area (Å²) in [5.74, 6) is 0. The van der Waals surface area contributed by atoms with E-state index >= 15 is 0 Å².